The Morgan fingerprint density at radius 2 is 1.73 bits per heavy atom. The third kappa shape index (κ3) is 4.81. The van der Waals surface area contributed by atoms with Gasteiger partial charge in [-0.05, 0) is 73.6 Å². The summed E-state index contributed by atoms with van der Waals surface area (Å²) in [6.45, 7) is 9.61. The van der Waals surface area contributed by atoms with Crippen molar-refractivity contribution in [1.29, 1.82) is 0 Å². The zero-order valence-corrected chi connectivity index (χ0v) is 18.1. The fourth-order valence-electron chi connectivity index (χ4n) is 2.98. The second-order valence-corrected chi connectivity index (χ2v) is 9.17. The molecule has 3 N–H and O–H groups in total. The number of amides is 2. The van der Waals surface area contributed by atoms with Crippen molar-refractivity contribution < 1.29 is 19.1 Å². The summed E-state index contributed by atoms with van der Waals surface area (Å²) in [5, 5.41) is 16.4. The van der Waals surface area contributed by atoms with Crippen molar-refractivity contribution in [2.24, 2.45) is 5.41 Å². The van der Waals surface area contributed by atoms with E-state index in [0.717, 1.165) is 12.8 Å². The molecule has 6 heteroatoms. The fraction of sp³-hybridized carbons (Fsp3) is 0.417. The molecule has 0 radical (unpaired) electrons. The molecule has 1 fully saturated rings. The molecule has 2 aromatic rings. The molecule has 1 aliphatic rings. The molecule has 0 heterocycles. The van der Waals surface area contributed by atoms with Gasteiger partial charge < -0.3 is 15.7 Å². The molecule has 1 unspecified atom stereocenters. The molecule has 0 bridgehead atoms. The van der Waals surface area contributed by atoms with Gasteiger partial charge in [-0.1, -0.05) is 20.8 Å². The topological polar surface area (TPSA) is 78.4 Å². The maximum Gasteiger partial charge on any atom is 0.251 e. The van der Waals surface area contributed by atoms with Crippen molar-refractivity contribution in [2.75, 3.05) is 0 Å². The van der Waals surface area contributed by atoms with Crippen molar-refractivity contribution in [2.45, 2.75) is 59.5 Å². The Morgan fingerprint density at radius 3 is 2.30 bits per heavy atom. The molecule has 0 spiro atoms. The standard InChI is InChI=1S/C24H29FN2O3/c1-13-19(10-16(11-20(13)25)23(30)27-17-7-8-17)18-9-6-15(12-21(18)28)22(29)26-14(2)24(3,4)5/h6,9-12,14,17,28H,7-8H2,1-5H3,(H,26,29)(H,27,30). The van der Waals surface area contributed by atoms with Crippen LogP contribution in [0.1, 0.15) is 66.8 Å². The van der Waals surface area contributed by atoms with Crippen molar-refractivity contribution in [3.63, 3.8) is 0 Å². The summed E-state index contributed by atoms with van der Waals surface area (Å²) in [7, 11) is 0. The molecule has 1 saturated carbocycles. The number of halogens is 1. The van der Waals surface area contributed by atoms with Gasteiger partial charge in [-0.2, -0.15) is 0 Å². The van der Waals surface area contributed by atoms with Crippen LogP contribution in [-0.2, 0) is 0 Å². The average molecular weight is 413 g/mol. The molecule has 5 nitrogen and oxygen atoms in total. The van der Waals surface area contributed by atoms with Crippen molar-refractivity contribution >= 4 is 11.8 Å². The number of hydrogen-bond acceptors (Lipinski definition) is 3. The number of nitrogens with one attached hydrogen (secondary N) is 2. The second kappa shape index (κ2) is 8.09. The first-order valence-corrected chi connectivity index (χ1v) is 10.2. The lowest BCUT2D eigenvalue weighted by Gasteiger charge is -2.28. The van der Waals surface area contributed by atoms with Gasteiger partial charge in [0, 0.05) is 28.8 Å². The molecule has 3 rings (SSSR count). The first-order chi connectivity index (χ1) is 14.0. The Bertz CT molecular complexity index is 991. The predicted molar refractivity (Wildman–Crippen MR) is 115 cm³/mol. The van der Waals surface area contributed by atoms with Gasteiger partial charge in [0.1, 0.15) is 11.6 Å². The van der Waals surface area contributed by atoms with Crippen LogP contribution in [0.25, 0.3) is 11.1 Å². The number of phenols is 1. The third-order valence-corrected chi connectivity index (χ3v) is 5.72. The van der Waals surface area contributed by atoms with Gasteiger partial charge in [0.25, 0.3) is 11.8 Å². The lowest BCUT2D eigenvalue weighted by molar-refractivity contribution is 0.0908. The number of benzene rings is 2. The minimum absolute atomic E-state index is 0.0650. The average Bonchev–Trinajstić information content (AvgIpc) is 3.47. The SMILES string of the molecule is Cc1c(F)cc(C(=O)NC2CC2)cc1-c1ccc(C(=O)NC(C)C(C)(C)C)cc1O. The lowest BCUT2D eigenvalue weighted by Crippen LogP contribution is -2.41. The van der Waals surface area contributed by atoms with Gasteiger partial charge in [0.05, 0.1) is 0 Å². The van der Waals surface area contributed by atoms with Crippen molar-refractivity contribution in [3.8, 4) is 16.9 Å². The highest BCUT2D eigenvalue weighted by Gasteiger charge is 2.25. The summed E-state index contributed by atoms with van der Waals surface area (Å²) >= 11 is 0. The van der Waals surface area contributed by atoms with E-state index in [9.17, 15) is 19.1 Å². The van der Waals surface area contributed by atoms with E-state index >= 15 is 0 Å². The number of carbonyl (C=O) groups excluding carboxylic acids is 2. The Kier molecular flexibility index (Phi) is 5.88. The fourth-order valence-corrected chi connectivity index (χ4v) is 2.98. The summed E-state index contributed by atoms with van der Waals surface area (Å²) in [5.41, 5.74) is 1.53. The van der Waals surface area contributed by atoms with E-state index in [4.69, 9.17) is 0 Å². The van der Waals surface area contributed by atoms with Gasteiger partial charge in [-0.15, -0.1) is 0 Å². The molecule has 2 aromatic carbocycles. The molecular formula is C24H29FN2O3. The molecule has 0 aliphatic heterocycles. The van der Waals surface area contributed by atoms with Crippen molar-refractivity contribution in [3.05, 3.63) is 52.8 Å². The predicted octanol–water partition coefficient (Wildman–Crippen LogP) is 4.56. The Hall–Kier alpha value is -2.89. The quantitative estimate of drug-likeness (QED) is 0.673. The van der Waals surface area contributed by atoms with E-state index in [0.29, 0.717) is 22.3 Å². The summed E-state index contributed by atoms with van der Waals surface area (Å²) < 4.78 is 14.5. The monoisotopic (exact) mass is 412 g/mol. The smallest absolute Gasteiger partial charge is 0.251 e. The van der Waals surface area contributed by atoms with Crippen LogP contribution in [0.2, 0.25) is 0 Å². The number of rotatable bonds is 5. The highest BCUT2D eigenvalue weighted by Crippen LogP contribution is 2.34. The van der Waals surface area contributed by atoms with Crippen LogP contribution in [-0.4, -0.2) is 29.0 Å². The molecule has 160 valence electrons. The molecule has 0 saturated heterocycles. The van der Waals surface area contributed by atoms with Crippen LogP contribution in [0.4, 0.5) is 4.39 Å². The van der Waals surface area contributed by atoms with E-state index < -0.39 is 5.82 Å². The first kappa shape index (κ1) is 21.8. The number of aromatic hydroxyl groups is 1. The zero-order valence-electron chi connectivity index (χ0n) is 18.1. The maximum absolute atomic E-state index is 14.5. The van der Waals surface area contributed by atoms with Crippen LogP contribution in [0.15, 0.2) is 30.3 Å². The van der Waals surface area contributed by atoms with E-state index in [2.05, 4.69) is 10.6 Å². The highest BCUT2D eigenvalue weighted by molar-refractivity contribution is 5.98. The molecule has 30 heavy (non-hydrogen) atoms. The van der Waals surface area contributed by atoms with Gasteiger partial charge >= 0.3 is 0 Å². The molecule has 2 amide bonds. The number of hydrogen-bond donors (Lipinski definition) is 3. The van der Waals surface area contributed by atoms with Crippen LogP contribution in [0.3, 0.4) is 0 Å². The maximum atomic E-state index is 14.5. The van der Waals surface area contributed by atoms with E-state index in [1.54, 1.807) is 25.1 Å². The van der Waals surface area contributed by atoms with E-state index in [1.165, 1.54) is 12.1 Å². The zero-order chi connectivity index (χ0) is 22.2. The van der Waals surface area contributed by atoms with E-state index in [1.807, 2.05) is 27.7 Å². The summed E-state index contributed by atoms with van der Waals surface area (Å²) in [6, 6.07) is 7.42. The van der Waals surface area contributed by atoms with Crippen LogP contribution in [0.5, 0.6) is 5.75 Å². The second-order valence-electron chi connectivity index (χ2n) is 9.17. The van der Waals surface area contributed by atoms with Crippen LogP contribution in [0, 0.1) is 18.2 Å². The first-order valence-electron chi connectivity index (χ1n) is 10.2. The van der Waals surface area contributed by atoms with Gasteiger partial charge in [-0.25, -0.2) is 4.39 Å². The number of carbonyl (C=O) groups is 2. The largest absolute Gasteiger partial charge is 0.507 e. The number of phenolic OH excluding ortho intramolecular Hbond substituents is 1. The van der Waals surface area contributed by atoms with Crippen molar-refractivity contribution in [1.82, 2.24) is 10.6 Å². The van der Waals surface area contributed by atoms with Crippen LogP contribution >= 0.6 is 0 Å². The molecular weight excluding hydrogens is 383 g/mol. The van der Waals surface area contributed by atoms with Gasteiger partial charge in [0.2, 0.25) is 0 Å². The minimum Gasteiger partial charge on any atom is -0.507 e. The normalized spacial score (nSPS) is 14.9. The lowest BCUT2D eigenvalue weighted by atomic mass is 9.88. The van der Waals surface area contributed by atoms with Gasteiger partial charge in [-0.3, -0.25) is 9.59 Å². The molecule has 0 aromatic heterocycles. The molecule has 1 atom stereocenters. The Labute approximate surface area is 176 Å². The summed E-state index contributed by atoms with van der Waals surface area (Å²) in [4.78, 5) is 24.9. The Balaban J connectivity index is 1.90. The molecule has 1 aliphatic carbocycles. The van der Waals surface area contributed by atoms with E-state index in [-0.39, 0.29) is 40.6 Å². The van der Waals surface area contributed by atoms with Crippen LogP contribution < -0.4 is 10.6 Å². The van der Waals surface area contributed by atoms with Gasteiger partial charge in [0.15, 0.2) is 0 Å². The summed E-state index contributed by atoms with van der Waals surface area (Å²) in [5.74, 6) is -1.29. The summed E-state index contributed by atoms with van der Waals surface area (Å²) in [6.07, 6.45) is 1.87. The third-order valence-electron chi connectivity index (χ3n) is 5.72. The highest BCUT2D eigenvalue weighted by atomic mass is 19.1. The Morgan fingerprint density at radius 1 is 1.07 bits per heavy atom. The minimum atomic E-state index is -0.520.